The van der Waals surface area contributed by atoms with Gasteiger partial charge in [0.25, 0.3) is 6.43 Å². The first-order chi connectivity index (χ1) is 9.04. The van der Waals surface area contributed by atoms with Crippen LogP contribution in [0.25, 0.3) is 0 Å². The van der Waals surface area contributed by atoms with E-state index in [0.717, 1.165) is 10.0 Å². The maximum absolute atomic E-state index is 11.9. The second-order valence-electron chi connectivity index (χ2n) is 3.84. The molecule has 1 aromatic carbocycles. The summed E-state index contributed by atoms with van der Waals surface area (Å²) in [6.07, 6.45) is -2.00. The lowest BCUT2D eigenvalue weighted by Gasteiger charge is -2.15. The maximum atomic E-state index is 11.9. The van der Waals surface area contributed by atoms with Crippen molar-refractivity contribution in [2.75, 3.05) is 19.8 Å². The Balaban J connectivity index is 2.59. The standard InChI is InChI=1S/C13H16BrClF2O2/c1-2-19-12-4-3-9(14)7-10(12)11(15)5-6-18-8-13(16)17/h3-4,7,11,13H,2,5-6,8H2,1H3. The van der Waals surface area contributed by atoms with Crippen LogP contribution in [0.5, 0.6) is 5.75 Å². The molecule has 0 amide bonds. The van der Waals surface area contributed by atoms with Gasteiger partial charge in [0.2, 0.25) is 0 Å². The van der Waals surface area contributed by atoms with Crippen molar-refractivity contribution in [3.05, 3.63) is 28.2 Å². The van der Waals surface area contributed by atoms with E-state index in [1.54, 1.807) is 0 Å². The van der Waals surface area contributed by atoms with Crippen LogP contribution in [0.1, 0.15) is 24.3 Å². The van der Waals surface area contributed by atoms with Crippen molar-refractivity contribution in [2.45, 2.75) is 25.1 Å². The van der Waals surface area contributed by atoms with Crippen LogP contribution in [-0.4, -0.2) is 26.2 Å². The number of halogens is 4. The minimum atomic E-state index is -2.45. The van der Waals surface area contributed by atoms with Crippen LogP contribution in [0.3, 0.4) is 0 Å². The molecule has 1 rings (SSSR count). The van der Waals surface area contributed by atoms with Crippen LogP contribution < -0.4 is 4.74 Å². The number of rotatable bonds is 8. The van der Waals surface area contributed by atoms with Gasteiger partial charge in [0.05, 0.1) is 12.0 Å². The molecule has 19 heavy (non-hydrogen) atoms. The van der Waals surface area contributed by atoms with Gasteiger partial charge in [0.1, 0.15) is 12.4 Å². The predicted molar refractivity (Wildman–Crippen MR) is 75.3 cm³/mol. The monoisotopic (exact) mass is 356 g/mol. The quantitative estimate of drug-likeness (QED) is 0.491. The molecule has 0 radical (unpaired) electrons. The number of alkyl halides is 3. The highest BCUT2D eigenvalue weighted by atomic mass is 79.9. The smallest absolute Gasteiger partial charge is 0.261 e. The Morgan fingerprint density at radius 2 is 2.11 bits per heavy atom. The molecule has 6 heteroatoms. The molecule has 0 aliphatic rings. The zero-order chi connectivity index (χ0) is 14.3. The summed E-state index contributed by atoms with van der Waals surface area (Å²) in [5.74, 6) is 0.708. The number of hydrogen-bond donors (Lipinski definition) is 0. The molecule has 1 atom stereocenters. The normalized spacial score (nSPS) is 12.7. The lowest BCUT2D eigenvalue weighted by atomic mass is 10.1. The minimum Gasteiger partial charge on any atom is -0.494 e. The van der Waals surface area contributed by atoms with Gasteiger partial charge in [-0.15, -0.1) is 11.6 Å². The van der Waals surface area contributed by atoms with Gasteiger partial charge in [0, 0.05) is 16.6 Å². The third kappa shape index (κ3) is 6.06. The van der Waals surface area contributed by atoms with Crippen LogP contribution >= 0.6 is 27.5 Å². The van der Waals surface area contributed by atoms with Crippen LogP contribution in [0.15, 0.2) is 22.7 Å². The first-order valence-corrected chi connectivity index (χ1v) is 7.19. The molecular weight excluding hydrogens is 341 g/mol. The largest absolute Gasteiger partial charge is 0.494 e. The summed E-state index contributed by atoms with van der Waals surface area (Å²) < 4.78 is 35.0. The van der Waals surface area contributed by atoms with Gasteiger partial charge < -0.3 is 9.47 Å². The van der Waals surface area contributed by atoms with E-state index < -0.39 is 13.0 Å². The highest BCUT2D eigenvalue weighted by Gasteiger charge is 2.14. The lowest BCUT2D eigenvalue weighted by Crippen LogP contribution is -2.07. The SMILES string of the molecule is CCOc1ccc(Br)cc1C(Cl)CCOCC(F)F. The van der Waals surface area contributed by atoms with E-state index in [4.69, 9.17) is 21.1 Å². The molecule has 0 aromatic heterocycles. The first kappa shape index (κ1) is 16.7. The summed E-state index contributed by atoms with van der Waals surface area (Å²) in [6, 6.07) is 5.57. The Morgan fingerprint density at radius 3 is 2.74 bits per heavy atom. The average Bonchev–Trinajstić information content (AvgIpc) is 2.36. The van der Waals surface area contributed by atoms with Crippen molar-refractivity contribution in [3.8, 4) is 5.75 Å². The second-order valence-corrected chi connectivity index (χ2v) is 5.28. The highest BCUT2D eigenvalue weighted by molar-refractivity contribution is 9.10. The van der Waals surface area contributed by atoms with E-state index in [0.29, 0.717) is 18.8 Å². The van der Waals surface area contributed by atoms with Crippen molar-refractivity contribution < 1.29 is 18.3 Å². The third-order valence-corrected chi connectivity index (χ3v) is 3.32. The Kier molecular flexibility index (Phi) is 7.64. The molecule has 0 aliphatic carbocycles. The molecule has 1 aromatic rings. The van der Waals surface area contributed by atoms with Gasteiger partial charge in [-0.05, 0) is 31.5 Å². The Labute approximate surface area is 125 Å². The summed E-state index contributed by atoms with van der Waals surface area (Å²) in [4.78, 5) is 0. The Hall–Kier alpha value is -0.390. The van der Waals surface area contributed by atoms with Gasteiger partial charge in [0.15, 0.2) is 0 Å². The molecule has 0 saturated heterocycles. The predicted octanol–water partition coefficient (Wildman–Crippen LogP) is 4.80. The van der Waals surface area contributed by atoms with Crippen LogP contribution in [-0.2, 0) is 4.74 Å². The van der Waals surface area contributed by atoms with Crippen molar-refractivity contribution >= 4 is 27.5 Å². The number of benzene rings is 1. The fraction of sp³-hybridized carbons (Fsp3) is 0.538. The molecule has 1 unspecified atom stereocenters. The number of hydrogen-bond acceptors (Lipinski definition) is 2. The minimum absolute atomic E-state index is 0.191. The molecular formula is C13H16BrClF2O2. The average molecular weight is 358 g/mol. The summed E-state index contributed by atoms with van der Waals surface area (Å²) in [6.45, 7) is 2.07. The van der Waals surface area contributed by atoms with Crippen LogP contribution in [0, 0.1) is 0 Å². The topological polar surface area (TPSA) is 18.5 Å². The second kappa shape index (κ2) is 8.72. The van der Waals surface area contributed by atoms with Gasteiger partial charge in [-0.3, -0.25) is 0 Å². The maximum Gasteiger partial charge on any atom is 0.261 e. The van der Waals surface area contributed by atoms with Crippen molar-refractivity contribution in [3.63, 3.8) is 0 Å². The van der Waals surface area contributed by atoms with E-state index in [1.165, 1.54) is 0 Å². The summed E-state index contributed by atoms with van der Waals surface area (Å²) in [7, 11) is 0. The summed E-state index contributed by atoms with van der Waals surface area (Å²) in [5, 5.41) is -0.336. The molecule has 0 N–H and O–H groups in total. The molecule has 0 bridgehead atoms. The highest BCUT2D eigenvalue weighted by Crippen LogP contribution is 2.34. The summed E-state index contributed by atoms with van der Waals surface area (Å²) >= 11 is 9.64. The molecule has 108 valence electrons. The Bertz CT molecular complexity index is 391. The van der Waals surface area contributed by atoms with Gasteiger partial charge in [-0.1, -0.05) is 15.9 Å². The van der Waals surface area contributed by atoms with Crippen molar-refractivity contribution in [2.24, 2.45) is 0 Å². The molecule has 0 saturated carbocycles. The molecule has 0 fully saturated rings. The van der Waals surface area contributed by atoms with Gasteiger partial charge in [-0.2, -0.15) is 0 Å². The van der Waals surface area contributed by atoms with E-state index in [2.05, 4.69) is 15.9 Å². The van der Waals surface area contributed by atoms with Crippen molar-refractivity contribution in [1.82, 2.24) is 0 Å². The van der Waals surface area contributed by atoms with Gasteiger partial charge in [-0.25, -0.2) is 8.78 Å². The zero-order valence-electron chi connectivity index (χ0n) is 10.5. The van der Waals surface area contributed by atoms with E-state index in [9.17, 15) is 8.78 Å². The third-order valence-electron chi connectivity index (χ3n) is 2.37. The zero-order valence-corrected chi connectivity index (χ0v) is 12.9. The van der Waals surface area contributed by atoms with E-state index in [1.807, 2.05) is 25.1 Å². The van der Waals surface area contributed by atoms with Crippen molar-refractivity contribution in [1.29, 1.82) is 0 Å². The van der Waals surface area contributed by atoms with E-state index in [-0.39, 0.29) is 12.0 Å². The molecule has 2 nitrogen and oxygen atoms in total. The van der Waals surface area contributed by atoms with Crippen LogP contribution in [0.2, 0.25) is 0 Å². The molecule has 0 aliphatic heterocycles. The fourth-order valence-electron chi connectivity index (χ4n) is 1.57. The van der Waals surface area contributed by atoms with Crippen LogP contribution in [0.4, 0.5) is 8.78 Å². The van der Waals surface area contributed by atoms with E-state index >= 15 is 0 Å². The number of ether oxygens (including phenoxy) is 2. The first-order valence-electron chi connectivity index (χ1n) is 5.96. The Morgan fingerprint density at radius 1 is 1.37 bits per heavy atom. The lowest BCUT2D eigenvalue weighted by molar-refractivity contribution is 0.0165. The molecule has 0 heterocycles. The fourth-order valence-corrected chi connectivity index (χ4v) is 2.20. The summed E-state index contributed by atoms with van der Waals surface area (Å²) in [5.41, 5.74) is 0.832. The molecule has 0 spiro atoms. The van der Waals surface area contributed by atoms with Gasteiger partial charge >= 0.3 is 0 Å².